The molecule has 0 saturated carbocycles. The maximum atomic E-state index is 11.7. The number of Topliss-reactive ketones (excluding diaryl/α,β-unsaturated/α-hetero) is 2. The van der Waals surface area contributed by atoms with Gasteiger partial charge in [0.1, 0.15) is 16.9 Å². The van der Waals surface area contributed by atoms with Crippen LogP contribution in [0.15, 0.2) is 10.5 Å². The fourth-order valence-corrected chi connectivity index (χ4v) is 2.14. The van der Waals surface area contributed by atoms with Crippen LogP contribution in [0.1, 0.15) is 50.7 Å². The summed E-state index contributed by atoms with van der Waals surface area (Å²) in [4.78, 5) is 34.3. The number of rotatable bonds is 3. The fraction of sp³-hybridized carbons (Fsp3) is 0.214. The van der Waals surface area contributed by atoms with Crippen molar-refractivity contribution in [3.63, 3.8) is 0 Å². The van der Waals surface area contributed by atoms with Gasteiger partial charge < -0.3 is 14.6 Å². The van der Waals surface area contributed by atoms with Crippen LogP contribution < -0.4 is 0 Å². The number of furan rings is 1. The van der Waals surface area contributed by atoms with E-state index >= 15 is 0 Å². The predicted molar refractivity (Wildman–Crippen MR) is 69.6 cm³/mol. The van der Waals surface area contributed by atoms with Crippen LogP contribution in [0, 0.1) is 6.92 Å². The second-order valence-electron chi connectivity index (χ2n) is 4.50. The molecule has 2 rings (SSSR count). The fourth-order valence-electron chi connectivity index (χ4n) is 2.14. The number of fused-ring (bicyclic) bond motifs is 1. The number of phenols is 1. The molecular weight excluding hydrogens is 264 g/mol. The Balaban J connectivity index is 3.02. The van der Waals surface area contributed by atoms with Crippen molar-refractivity contribution in [1.82, 2.24) is 0 Å². The van der Waals surface area contributed by atoms with Crippen molar-refractivity contribution < 1.29 is 29.0 Å². The molecule has 0 unspecified atom stereocenters. The molecule has 0 aliphatic heterocycles. The summed E-state index contributed by atoms with van der Waals surface area (Å²) in [6.07, 6.45) is 0. The molecular formula is C14H12O6. The van der Waals surface area contributed by atoms with E-state index < -0.39 is 23.3 Å². The lowest BCUT2D eigenvalue weighted by atomic mass is 9.98. The molecule has 0 spiro atoms. The Morgan fingerprint density at radius 1 is 1.15 bits per heavy atom. The zero-order valence-corrected chi connectivity index (χ0v) is 11.1. The number of carbonyl (C=O) groups excluding carboxylic acids is 2. The number of carbonyl (C=O) groups is 3. The Bertz CT molecular complexity index is 766. The molecule has 1 aromatic carbocycles. The van der Waals surface area contributed by atoms with E-state index in [1.54, 1.807) is 0 Å². The number of aryl methyl sites for hydroxylation is 1. The highest BCUT2D eigenvalue weighted by Crippen LogP contribution is 2.36. The van der Waals surface area contributed by atoms with Crippen molar-refractivity contribution in [2.75, 3.05) is 0 Å². The van der Waals surface area contributed by atoms with Gasteiger partial charge in [0.2, 0.25) is 5.76 Å². The topological polar surface area (TPSA) is 105 Å². The first-order chi connectivity index (χ1) is 9.25. The third-order valence-electron chi connectivity index (χ3n) is 3.13. The van der Waals surface area contributed by atoms with Crippen LogP contribution >= 0.6 is 0 Å². The molecule has 0 radical (unpaired) electrons. The first-order valence-electron chi connectivity index (χ1n) is 5.80. The van der Waals surface area contributed by atoms with Crippen molar-refractivity contribution in [3.05, 3.63) is 28.5 Å². The predicted octanol–water partition coefficient (Wildman–Crippen LogP) is 2.55. The molecule has 0 aliphatic rings. The Morgan fingerprint density at radius 2 is 1.75 bits per heavy atom. The summed E-state index contributed by atoms with van der Waals surface area (Å²) in [5.74, 6) is -3.02. The van der Waals surface area contributed by atoms with Gasteiger partial charge in [-0.25, -0.2) is 4.79 Å². The molecule has 20 heavy (non-hydrogen) atoms. The molecule has 2 N–H and O–H groups in total. The Hall–Kier alpha value is -2.63. The molecule has 0 bridgehead atoms. The number of aromatic hydroxyl groups is 1. The largest absolute Gasteiger partial charge is 0.506 e. The third-order valence-corrected chi connectivity index (χ3v) is 3.13. The molecule has 104 valence electrons. The van der Waals surface area contributed by atoms with Crippen LogP contribution in [-0.4, -0.2) is 27.7 Å². The second kappa shape index (κ2) is 4.48. The second-order valence-corrected chi connectivity index (χ2v) is 4.50. The zero-order valence-electron chi connectivity index (χ0n) is 11.1. The van der Waals surface area contributed by atoms with E-state index in [9.17, 15) is 19.5 Å². The van der Waals surface area contributed by atoms with Gasteiger partial charge in [-0.2, -0.15) is 0 Å². The highest BCUT2D eigenvalue weighted by Gasteiger charge is 2.25. The van der Waals surface area contributed by atoms with Gasteiger partial charge in [0.05, 0.1) is 5.56 Å². The van der Waals surface area contributed by atoms with Crippen LogP contribution in [0.25, 0.3) is 11.0 Å². The summed E-state index contributed by atoms with van der Waals surface area (Å²) in [5, 5.41) is 19.4. The van der Waals surface area contributed by atoms with Crippen LogP contribution in [0.3, 0.4) is 0 Å². The SMILES string of the molecule is CC(=O)c1cc2c(C)c(C(=O)O)oc2c(C(C)=O)c1O. The number of aromatic carboxylic acids is 1. The maximum Gasteiger partial charge on any atom is 0.372 e. The van der Waals surface area contributed by atoms with Gasteiger partial charge in [-0.15, -0.1) is 0 Å². The van der Waals surface area contributed by atoms with E-state index in [2.05, 4.69) is 0 Å². The molecule has 1 aromatic heterocycles. The average molecular weight is 276 g/mol. The molecule has 0 saturated heterocycles. The van der Waals surface area contributed by atoms with E-state index in [0.29, 0.717) is 10.9 Å². The highest BCUT2D eigenvalue weighted by molar-refractivity contribution is 6.14. The lowest BCUT2D eigenvalue weighted by Gasteiger charge is -2.06. The van der Waals surface area contributed by atoms with E-state index in [4.69, 9.17) is 9.52 Å². The molecule has 0 fully saturated rings. The number of carboxylic acid groups (broad SMARTS) is 1. The van der Waals surface area contributed by atoms with Gasteiger partial charge in [0, 0.05) is 10.9 Å². The van der Waals surface area contributed by atoms with Gasteiger partial charge >= 0.3 is 5.97 Å². The Labute approximate surface area is 113 Å². The first-order valence-corrected chi connectivity index (χ1v) is 5.80. The van der Waals surface area contributed by atoms with Crippen molar-refractivity contribution in [3.8, 4) is 5.75 Å². The van der Waals surface area contributed by atoms with Crippen LogP contribution in [0.4, 0.5) is 0 Å². The Morgan fingerprint density at radius 3 is 2.20 bits per heavy atom. The summed E-state index contributed by atoms with van der Waals surface area (Å²) in [5.41, 5.74) is 0.0687. The Kier molecular flexibility index (Phi) is 3.09. The summed E-state index contributed by atoms with van der Waals surface area (Å²) < 4.78 is 5.18. The molecule has 1 heterocycles. The normalized spacial score (nSPS) is 10.8. The van der Waals surface area contributed by atoms with Gasteiger partial charge in [-0.3, -0.25) is 9.59 Å². The van der Waals surface area contributed by atoms with Crippen LogP contribution in [0.2, 0.25) is 0 Å². The van der Waals surface area contributed by atoms with Crippen molar-refractivity contribution in [2.45, 2.75) is 20.8 Å². The average Bonchev–Trinajstić information content (AvgIpc) is 2.64. The first kappa shape index (κ1) is 13.8. The molecule has 0 amide bonds. The third kappa shape index (κ3) is 1.85. The smallest absolute Gasteiger partial charge is 0.372 e. The number of hydrogen-bond acceptors (Lipinski definition) is 5. The van der Waals surface area contributed by atoms with Crippen LogP contribution in [-0.2, 0) is 0 Å². The molecule has 2 aromatic rings. The molecule has 6 nitrogen and oxygen atoms in total. The van der Waals surface area contributed by atoms with E-state index in [1.165, 1.54) is 26.8 Å². The summed E-state index contributed by atoms with van der Waals surface area (Å²) >= 11 is 0. The zero-order chi connectivity index (χ0) is 15.2. The minimum absolute atomic E-state index is 0.0186. The summed E-state index contributed by atoms with van der Waals surface area (Å²) in [6, 6.07) is 1.34. The van der Waals surface area contributed by atoms with Gasteiger partial charge in [0.15, 0.2) is 11.6 Å². The van der Waals surface area contributed by atoms with Gasteiger partial charge in [-0.1, -0.05) is 0 Å². The lowest BCUT2D eigenvalue weighted by molar-refractivity contribution is 0.0663. The van der Waals surface area contributed by atoms with Gasteiger partial charge in [0.25, 0.3) is 0 Å². The monoisotopic (exact) mass is 276 g/mol. The minimum atomic E-state index is -1.28. The van der Waals surface area contributed by atoms with E-state index in [0.717, 1.165) is 0 Å². The number of phenolic OH excluding ortho intramolecular Hbond substituents is 1. The molecule has 0 atom stereocenters. The number of hydrogen-bond donors (Lipinski definition) is 2. The summed E-state index contributed by atoms with van der Waals surface area (Å²) in [6.45, 7) is 3.97. The minimum Gasteiger partial charge on any atom is -0.506 e. The maximum absolute atomic E-state index is 11.7. The standard InChI is InChI=1S/C14H12O6/c1-5-8-4-9(6(2)15)11(17)10(7(3)16)13(8)20-12(5)14(18)19/h4,17H,1-3H3,(H,18,19). The van der Waals surface area contributed by atoms with Crippen molar-refractivity contribution in [2.24, 2.45) is 0 Å². The summed E-state index contributed by atoms with van der Waals surface area (Å²) in [7, 11) is 0. The highest BCUT2D eigenvalue weighted by atomic mass is 16.4. The van der Waals surface area contributed by atoms with E-state index in [-0.39, 0.29) is 22.5 Å². The molecule has 6 heteroatoms. The van der Waals surface area contributed by atoms with Gasteiger partial charge in [-0.05, 0) is 26.8 Å². The van der Waals surface area contributed by atoms with Crippen LogP contribution in [0.5, 0.6) is 5.75 Å². The molecule has 0 aliphatic carbocycles. The van der Waals surface area contributed by atoms with E-state index in [1.807, 2.05) is 0 Å². The van der Waals surface area contributed by atoms with Crippen molar-refractivity contribution >= 4 is 28.5 Å². The van der Waals surface area contributed by atoms with Crippen molar-refractivity contribution in [1.29, 1.82) is 0 Å². The number of benzene rings is 1. The number of carboxylic acids is 1. The lowest BCUT2D eigenvalue weighted by Crippen LogP contribution is -2.00. The number of ketones is 2. The quantitative estimate of drug-likeness (QED) is 0.834.